The Morgan fingerprint density at radius 3 is 3.05 bits per heavy atom. The minimum atomic E-state index is -0.444. The quantitative estimate of drug-likeness (QED) is 0.854. The van der Waals surface area contributed by atoms with Gasteiger partial charge in [0.05, 0.1) is 18.2 Å². The lowest BCUT2D eigenvalue weighted by atomic mass is 10.2. The Bertz CT molecular complexity index is 548. The van der Waals surface area contributed by atoms with Crippen LogP contribution in [0.2, 0.25) is 5.02 Å². The lowest BCUT2D eigenvalue weighted by Crippen LogP contribution is -2.18. The standard InChI is InChI=1S/C14H17ClN2O2/c1-19-9-11(18)4-6-16-13-5-7-17-14-8-10(15)2-3-12(13)14/h2-3,5,7-8,11,18H,4,6,9H2,1H3,(H,16,17). The molecule has 0 aliphatic carbocycles. The van der Waals surface area contributed by atoms with E-state index in [0.29, 0.717) is 24.6 Å². The second-order valence-electron chi connectivity index (χ2n) is 4.34. The normalized spacial score (nSPS) is 12.6. The number of benzene rings is 1. The largest absolute Gasteiger partial charge is 0.391 e. The van der Waals surface area contributed by atoms with Crippen LogP contribution in [-0.4, -0.2) is 36.5 Å². The molecule has 0 saturated heterocycles. The van der Waals surface area contributed by atoms with Crippen LogP contribution in [0.15, 0.2) is 30.5 Å². The molecule has 0 fully saturated rings. The maximum absolute atomic E-state index is 9.58. The molecule has 1 heterocycles. The van der Waals surface area contributed by atoms with Crippen molar-refractivity contribution in [1.82, 2.24) is 4.98 Å². The van der Waals surface area contributed by atoms with Crippen molar-refractivity contribution in [3.8, 4) is 0 Å². The van der Waals surface area contributed by atoms with Crippen LogP contribution in [0.25, 0.3) is 10.9 Å². The van der Waals surface area contributed by atoms with E-state index in [1.807, 2.05) is 24.3 Å². The van der Waals surface area contributed by atoms with E-state index in [1.54, 1.807) is 13.3 Å². The number of halogens is 1. The molecule has 0 amide bonds. The number of nitrogens with zero attached hydrogens (tertiary/aromatic N) is 1. The number of hydrogen-bond acceptors (Lipinski definition) is 4. The molecule has 0 aliphatic rings. The fraction of sp³-hybridized carbons (Fsp3) is 0.357. The number of rotatable bonds is 6. The number of ether oxygens (including phenoxy) is 1. The molecule has 0 aliphatic heterocycles. The first-order chi connectivity index (χ1) is 9.20. The molecule has 1 aromatic carbocycles. The van der Waals surface area contributed by atoms with E-state index >= 15 is 0 Å². The highest BCUT2D eigenvalue weighted by Gasteiger charge is 2.05. The van der Waals surface area contributed by atoms with Gasteiger partial charge >= 0.3 is 0 Å². The first-order valence-electron chi connectivity index (χ1n) is 6.16. The summed E-state index contributed by atoms with van der Waals surface area (Å²) in [6, 6.07) is 7.54. The average molecular weight is 281 g/mol. The van der Waals surface area contributed by atoms with Crippen LogP contribution in [0.5, 0.6) is 0 Å². The third-order valence-electron chi connectivity index (χ3n) is 2.86. The summed E-state index contributed by atoms with van der Waals surface area (Å²) in [6.45, 7) is 1.03. The molecular weight excluding hydrogens is 264 g/mol. The molecule has 0 radical (unpaired) electrons. The summed E-state index contributed by atoms with van der Waals surface area (Å²) in [7, 11) is 1.58. The molecule has 1 atom stereocenters. The fourth-order valence-corrected chi connectivity index (χ4v) is 2.09. The van der Waals surface area contributed by atoms with Gasteiger partial charge in [-0.3, -0.25) is 4.98 Å². The van der Waals surface area contributed by atoms with Crippen molar-refractivity contribution in [1.29, 1.82) is 0 Å². The van der Waals surface area contributed by atoms with E-state index in [-0.39, 0.29) is 0 Å². The van der Waals surface area contributed by atoms with Gasteiger partial charge in [0.25, 0.3) is 0 Å². The summed E-state index contributed by atoms with van der Waals surface area (Å²) in [6.07, 6.45) is 1.93. The predicted octanol–water partition coefficient (Wildman–Crippen LogP) is 2.70. The zero-order valence-electron chi connectivity index (χ0n) is 10.8. The first kappa shape index (κ1) is 14.1. The summed E-state index contributed by atoms with van der Waals surface area (Å²) in [5, 5.41) is 14.6. The van der Waals surface area contributed by atoms with Crippen molar-refractivity contribution in [2.24, 2.45) is 0 Å². The van der Waals surface area contributed by atoms with Crippen LogP contribution < -0.4 is 5.32 Å². The van der Waals surface area contributed by atoms with Crippen LogP contribution in [-0.2, 0) is 4.74 Å². The Morgan fingerprint density at radius 1 is 1.42 bits per heavy atom. The molecule has 5 heteroatoms. The van der Waals surface area contributed by atoms with Gasteiger partial charge in [-0.25, -0.2) is 0 Å². The Hall–Kier alpha value is -1.36. The number of pyridine rings is 1. The van der Waals surface area contributed by atoms with Crippen LogP contribution in [0.1, 0.15) is 6.42 Å². The van der Waals surface area contributed by atoms with Crippen molar-refractivity contribution in [3.05, 3.63) is 35.5 Å². The molecule has 0 spiro atoms. The maximum atomic E-state index is 9.58. The number of aliphatic hydroxyl groups is 1. The highest BCUT2D eigenvalue weighted by molar-refractivity contribution is 6.31. The summed E-state index contributed by atoms with van der Waals surface area (Å²) in [5.41, 5.74) is 1.85. The van der Waals surface area contributed by atoms with E-state index in [9.17, 15) is 5.11 Å². The summed E-state index contributed by atoms with van der Waals surface area (Å²) in [4.78, 5) is 4.28. The number of fused-ring (bicyclic) bond motifs is 1. The van der Waals surface area contributed by atoms with Gasteiger partial charge in [-0.15, -0.1) is 0 Å². The van der Waals surface area contributed by atoms with E-state index in [0.717, 1.165) is 16.6 Å². The zero-order valence-corrected chi connectivity index (χ0v) is 11.5. The third kappa shape index (κ3) is 3.80. The van der Waals surface area contributed by atoms with Gasteiger partial charge in [-0.1, -0.05) is 11.6 Å². The van der Waals surface area contributed by atoms with Crippen molar-refractivity contribution in [3.63, 3.8) is 0 Å². The van der Waals surface area contributed by atoms with E-state index < -0.39 is 6.10 Å². The Labute approximate surface area is 117 Å². The smallest absolute Gasteiger partial charge is 0.0790 e. The molecule has 4 nitrogen and oxygen atoms in total. The SMILES string of the molecule is COCC(O)CCNc1ccnc2cc(Cl)ccc12. The highest BCUT2D eigenvalue weighted by Crippen LogP contribution is 2.24. The van der Waals surface area contributed by atoms with Gasteiger partial charge < -0.3 is 15.2 Å². The zero-order chi connectivity index (χ0) is 13.7. The lowest BCUT2D eigenvalue weighted by Gasteiger charge is -2.12. The molecule has 2 rings (SSSR count). The van der Waals surface area contributed by atoms with E-state index in [2.05, 4.69) is 10.3 Å². The number of anilines is 1. The average Bonchev–Trinajstić information content (AvgIpc) is 2.39. The Kier molecular flexibility index (Phi) is 4.96. The summed E-state index contributed by atoms with van der Waals surface area (Å²) < 4.78 is 4.89. The molecular formula is C14H17ClN2O2. The van der Waals surface area contributed by atoms with Crippen molar-refractivity contribution >= 4 is 28.2 Å². The van der Waals surface area contributed by atoms with E-state index in [1.165, 1.54) is 0 Å². The molecule has 19 heavy (non-hydrogen) atoms. The molecule has 2 N–H and O–H groups in total. The van der Waals surface area contributed by atoms with Gasteiger partial charge in [-0.2, -0.15) is 0 Å². The second-order valence-corrected chi connectivity index (χ2v) is 4.78. The van der Waals surface area contributed by atoms with Gasteiger partial charge in [0.2, 0.25) is 0 Å². The molecule has 1 unspecified atom stereocenters. The van der Waals surface area contributed by atoms with Crippen LogP contribution in [0.4, 0.5) is 5.69 Å². The summed E-state index contributed by atoms with van der Waals surface area (Å²) in [5.74, 6) is 0. The van der Waals surface area contributed by atoms with Crippen molar-refractivity contribution in [2.75, 3.05) is 25.6 Å². The Morgan fingerprint density at radius 2 is 2.26 bits per heavy atom. The van der Waals surface area contributed by atoms with Gasteiger partial charge in [-0.05, 0) is 30.7 Å². The summed E-state index contributed by atoms with van der Waals surface area (Å²) >= 11 is 5.94. The predicted molar refractivity (Wildman–Crippen MR) is 77.7 cm³/mol. The minimum absolute atomic E-state index is 0.356. The maximum Gasteiger partial charge on any atom is 0.0790 e. The minimum Gasteiger partial charge on any atom is -0.391 e. The number of hydrogen-bond donors (Lipinski definition) is 2. The fourth-order valence-electron chi connectivity index (χ4n) is 1.92. The topological polar surface area (TPSA) is 54.4 Å². The Balaban J connectivity index is 2.04. The number of aromatic nitrogens is 1. The molecule has 1 aromatic heterocycles. The number of nitrogens with one attached hydrogen (secondary N) is 1. The molecule has 2 aromatic rings. The van der Waals surface area contributed by atoms with Crippen molar-refractivity contribution < 1.29 is 9.84 Å². The molecule has 0 saturated carbocycles. The third-order valence-corrected chi connectivity index (χ3v) is 3.09. The molecule has 102 valence electrons. The first-order valence-corrected chi connectivity index (χ1v) is 6.53. The second kappa shape index (κ2) is 6.70. The highest BCUT2D eigenvalue weighted by atomic mass is 35.5. The molecule has 0 bridgehead atoms. The van der Waals surface area contributed by atoms with E-state index in [4.69, 9.17) is 16.3 Å². The van der Waals surface area contributed by atoms with Gasteiger partial charge in [0.1, 0.15) is 0 Å². The lowest BCUT2D eigenvalue weighted by molar-refractivity contribution is 0.0615. The van der Waals surface area contributed by atoms with Crippen LogP contribution in [0, 0.1) is 0 Å². The van der Waals surface area contributed by atoms with Crippen molar-refractivity contribution in [2.45, 2.75) is 12.5 Å². The van der Waals surface area contributed by atoms with Crippen LogP contribution in [0.3, 0.4) is 0 Å². The number of methoxy groups -OCH3 is 1. The van der Waals surface area contributed by atoms with Gasteiger partial charge in [0.15, 0.2) is 0 Å². The monoisotopic (exact) mass is 280 g/mol. The van der Waals surface area contributed by atoms with Crippen LogP contribution >= 0.6 is 11.6 Å². The van der Waals surface area contributed by atoms with Gasteiger partial charge in [0, 0.05) is 35.9 Å². The number of aliphatic hydroxyl groups excluding tert-OH is 1.